The molecule has 30 heavy (non-hydrogen) atoms. The number of esters is 1. The van der Waals surface area contributed by atoms with Crippen molar-refractivity contribution in [2.75, 3.05) is 20.8 Å². The number of amides is 1. The molecule has 0 aliphatic heterocycles. The molecule has 6 heteroatoms. The lowest BCUT2D eigenvalue weighted by Crippen LogP contribution is -2.30. The van der Waals surface area contributed by atoms with Crippen LogP contribution in [0.15, 0.2) is 48.5 Å². The van der Waals surface area contributed by atoms with Crippen LogP contribution in [-0.2, 0) is 20.9 Å². The molecule has 0 aliphatic rings. The van der Waals surface area contributed by atoms with Crippen molar-refractivity contribution in [2.45, 2.75) is 33.4 Å². The number of ether oxygens (including phenoxy) is 3. The summed E-state index contributed by atoms with van der Waals surface area (Å²) in [5.41, 5.74) is 2.93. The van der Waals surface area contributed by atoms with Crippen LogP contribution in [0, 0.1) is 6.92 Å². The molecule has 6 nitrogen and oxygen atoms in total. The first-order chi connectivity index (χ1) is 14.3. The highest BCUT2D eigenvalue weighted by Crippen LogP contribution is 2.29. The molecule has 2 aromatic rings. The topological polar surface area (TPSA) is 65.1 Å². The van der Waals surface area contributed by atoms with Crippen molar-refractivity contribution in [3.05, 3.63) is 65.2 Å². The SMILES string of the molecule is COc1cc(/C=C/C(=O)OCC(=O)N(C)Cc2ccc(C)cc2)ccc1OC(C)C. The Hall–Kier alpha value is -3.28. The summed E-state index contributed by atoms with van der Waals surface area (Å²) < 4.78 is 16.1. The molecule has 0 fully saturated rings. The van der Waals surface area contributed by atoms with Gasteiger partial charge in [0.1, 0.15) is 0 Å². The summed E-state index contributed by atoms with van der Waals surface area (Å²) in [6, 6.07) is 13.3. The van der Waals surface area contributed by atoms with Crippen LogP contribution < -0.4 is 9.47 Å². The van der Waals surface area contributed by atoms with Crippen LogP contribution in [0.2, 0.25) is 0 Å². The molecule has 0 radical (unpaired) electrons. The number of methoxy groups -OCH3 is 1. The van der Waals surface area contributed by atoms with Gasteiger partial charge in [0.2, 0.25) is 0 Å². The van der Waals surface area contributed by atoms with E-state index in [1.54, 1.807) is 32.4 Å². The Balaban J connectivity index is 1.86. The van der Waals surface area contributed by atoms with Gasteiger partial charge in [-0.05, 0) is 50.1 Å². The van der Waals surface area contributed by atoms with Gasteiger partial charge in [-0.15, -0.1) is 0 Å². The van der Waals surface area contributed by atoms with Crippen LogP contribution in [0.25, 0.3) is 6.08 Å². The normalized spacial score (nSPS) is 10.9. The molecule has 0 aliphatic carbocycles. The zero-order valence-corrected chi connectivity index (χ0v) is 18.2. The van der Waals surface area contributed by atoms with E-state index in [1.807, 2.05) is 51.1 Å². The highest BCUT2D eigenvalue weighted by atomic mass is 16.5. The first kappa shape index (κ1) is 23.0. The van der Waals surface area contributed by atoms with Crippen molar-refractivity contribution in [3.63, 3.8) is 0 Å². The van der Waals surface area contributed by atoms with Crippen LogP contribution in [0.3, 0.4) is 0 Å². The fraction of sp³-hybridized carbons (Fsp3) is 0.333. The predicted octanol–water partition coefficient (Wildman–Crippen LogP) is 4.01. The smallest absolute Gasteiger partial charge is 0.331 e. The minimum absolute atomic E-state index is 0.0249. The molecule has 2 aromatic carbocycles. The molecule has 0 unspecified atom stereocenters. The summed E-state index contributed by atoms with van der Waals surface area (Å²) in [5, 5.41) is 0. The van der Waals surface area contributed by atoms with Crippen LogP contribution >= 0.6 is 0 Å². The number of benzene rings is 2. The van der Waals surface area contributed by atoms with Gasteiger partial charge in [0.15, 0.2) is 18.1 Å². The second-order valence-corrected chi connectivity index (χ2v) is 7.25. The van der Waals surface area contributed by atoms with Crippen LogP contribution in [0.4, 0.5) is 0 Å². The molecular formula is C24H29NO5. The molecule has 1 amide bonds. The highest BCUT2D eigenvalue weighted by molar-refractivity contribution is 5.89. The fourth-order valence-electron chi connectivity index (χ4n) is 2.65. The van der Waals surface area contributed by atoms with E-state index in [4.69, 9.17) is 14.2 Å². The Labute approximate surface area is 178 Å². The van der Waals surface area contributed by atoms with Gasteiger partial charge < -0.3 is 19.1 Å². The van der Waals surface area contributed by atoms with E-state index in [-0.39, 0.29) is 18.6 Å². The standard InChI is InChI=1S/C24H29NO5/c1-17(2)30-21-12-10-19(14-22(21)28-5)11-13-24(27)29-16-23(26)25(4)15-20-8-6-18(3)7-9-20/h6-14,17H,15-16H2,1-5H3/b13-11+. The monoisotopic (exact) mass is 411 g/mol. The average molecular weight is 411 g/mol. The maximum absolute atomic E-state index is 12.2. The Kier molecular flexibility index (Phi) is 8.47. The van der Waals surface area contributed by atoms with Crippen molar-refractivity contribution in [1.29, 1.82) is 0 Å². The third-order valence-electron chi connectivity index (χ3n) is 4.27. The molecule has 0 N–H and O–H groups in total. The van der Waals surface area contributed by atoms with Crippen LogP contribution in [0.1, 0.15) is 30.5 Å². The summed E-state index contributed by atoms with van der Waals surface area (Å²) in [4.78, 5) is 25.7. The molecular weight excluding hydrogens is 382 g/mol. The van der Waals surface area contributed by atoms with Gasteiger partial charge in [0.25, 0.3) is 5.91 Å². The number of carbonyl (C=O) groups excluding carboxylic acids is 2. The minimum Gasteiger partial charge on any atom is -0.493 e. The summed E-state index contributed by atoms with van der Waals surface area (Å²) in [7, 11) is 3.24. The van der Waals surface area contributed by atoms with Gasteiger partial charge in [-0.1, -0.05) is 35.9 Å². The quantitative estimate of drug-likeness (QED) is 0.461. The van der Waals surface area contributed by atoms with E-state index in [0.29, 0.717) is 18.0 Å². The number of rotatable bonds is 9. The third kappa shape index (κ3) is 7.28. The highest BCUT2D eigenvalue weighted by Gasteiger charge is 2.12. The molecule has 0 saturated carbocycles. The molecule has 0 spiro atoms. The molecule has 0 heterocycles. The Morgan fingerprint density at radius 2 is 1.77 bits per heavy atom. The van der Waals surface area contributed by atoms with Gasteiger partial charge in [-0.2, -0.15) is 0 Å². The summed E-state index contributed by atoms with van der Waals surface area (Å²) in [6.07, 6.45) is 2.91. The lowest BCUT2D eigenvalue weighted by molar-refractivity contribution is -0.147. The third-order valence-corrected chi connectivity index (χ3v) is 4.27. The average Bonchev–Trinajstić information content (AvgIpc) is 2.72. The van der Waals surface area contributed by atoms with E-state index < -0.39 is 5.97 Å². The lowest BCUT2D eigenvalue weighted by atomic mass is 10.1. The molecule has 0 atom stereocenters. The largest absolute Gasteiger partial charge is 0.493 e. The van der Waals surface area contributed by atoms with Gasteiger partial charge in [0, 0.05) is 19.7 Å². The summed E-state index contributed by atoms with van der Waals surface area (Å²) in [5.74, 6) is 0.351. The van der Waals surface area contributed by atoms with Crippen molar-refractivity contribution in [3.8, 4) is 11.5 Å². The van der Waals surface area contributed by atoms with Gasteiger partial charge in [-0.3, -0.25) is 4.79 Å². The fourth-order valence-corrected chi connectivity index (χ4v) is 2.65. The molecule has 0 saturated heterocycles. The van der Waals surface area contributed by atoms with E-state index in [1.165, 1.54) is 11.0 Å². The number of hydrogen-bond acceptors (Lipinski definition) is 5. The van der Waals surface area contributed by atoms with E-state index in [9.17, 15) is 9.59 Å². The van der Waals surface area contributed by atoms with Crippen molar-refractivity contribution >= 4 is 18.0 Å². The predicted molar refractivity (Wildman–Crippen MR) is 116 cm³/mol. The van der Waals surface area contributed by atoms with Crippen molar-refractivity contribution < 1.29 is 23.8 Å². The molecule has 160 valence electrons. The van der Waals surface area contributed by atoms with Crippen LogP contribution in [0.5, 0.6) is 11.5 Å². The van der Waals surface area contributed by atoms with Crippen molar-refractivity contribution in [1.82, 2.24) is 4.90 Å². The second kappa shape index (κ2) is 11.0. The number of hydrogen-bond donors (Lipinski definition) is 0. The first-order valence-electron chi connectivity index (χ1n) is 9.77. The van der Waals surface area contributed by atoms with E-state index in [2.05, 4.69) is 0 Å². The number of likely N-dealkylation sites (N-methyl/N-ethyl adjacent to an activating group) is 1. The van der Waals surface area contributed by atoms with E-state index >= 15 is 0 Å². The number of aryl methyl sites for hydroxylation is 1. The molecule has 0 aromatic heterocycles. The zero-order valence-electron chi connectivity index (χ0n) is 18.2. The van der Waals surface area contributed by atoms with Gasteiger partial charge in [-0.25, -0.2) is 4.79 Å². The van der Waals surface area contributed by atoms with Crippen molar-refractivity contribution in [2.24, 2.45) is 0 Å². The Bertz CT molecular complexity index is 887. The van der Waals surface area contributed by atoms with Crippen LogP contribution in [-0.4, -0.2) is 43.6 Å². The van der Waals surface area contributed by atoms with E-state index in [0.717, 1.165) is 16.7 Å². The first-order valence-corrected chi connectivity index (χ1v) is 9.77. The number of carbonyl (C=O) groups is 2. The molecule has 0 bridgehead atoms. The lowest BCUT2D eigenvalue weighted by Gasteiger charge is -2.17. The van der Waals surface area contributed by atoms with Gasteiger partial charge >= 0.3 is 5.97 Å². The summed E-state index contributed by atoms with van der Waals surface area (Å²) in [6.45, 7) is 6.02. The van der Waals surface area contributed by atoms with Gasteiger partial charge in [0.05, 0.1) is 13.2 Å². The Morgan fingerprint density at radius 3 is 2.40 bits per heavy atom. The minimum atomic E-state index is -0.589. The maximum Gasteiger partial charge on any atom is 0.331 e. The summed E-state index contributed by atoms with van der Waals surface area (Å²) >= 11 is 0. The Morgan fingerprint density at radius 1 is 1.07 bits per heavy atom. The number of nitrogens with zero attached hydrogens (tertiary/aromatic N) is 1. The second-order valence-electron chi connectivity index (χ2n) is 7.25. The molecule has 2 rings (SSSR count). The zero-order chi connectivity index (χ0) is 22.1. The maximum atomic E-state index is 12.2.